The number of hydrogen-bond donors (Lipinski definition) is 1. The number of benzene rings is 2. The maximum Gasteiger partial charge on any atom is 0.234 e. The van der Waals surface area contributed by atoms with Gasteiger partial charge in [0.1, 0.15) is 11.5 Å². The first-order chi connectivity index (χ1) is 14.1. The van der Waals surface area contributed by atoms with Gasteiger partial charge in [-0.1, -0.05) is 30.0 Å². The number of amides is 1. The molecule has 0 unspecified atom stereocenters. The molecule has 7 nitrogen and oxygen atoms in total. The average Bonchev–Trinajstić information content (AvgIpc) is 3.09. The summed E-state index contributed by atoms with van der Waals surface area (Å²) in [5, 5.41) is 11.9. The molecule has 152 valence electrons. The van der Waals surface area contributed by atoms with Crippen LogP contribution in [-0.4, -0.2) is 33.0 Å². The molecule has 0 aliphatic rings. The standard InChI is InChI=1S/C21H24N4O3S/c1-4-27-17-12-10-16(11-13-17)22-19(26)14-29-21-24-23-20(25(21)3)15(2)28-18-8-6-5-7-9-18/h5-13,15H,4,14H2,1-3H3,(H,22,26)/t15-/m0/s1. The summed E-state index contributed by atoms with van der Waals surface area (Å²) in [5.41, 5.74) is 0.725. The number of carbonyl (C=O) groups is 1. The fraction of sp³-hybridized carbons (Fsp3) is 0.286. The lowest BCUT2D eigenvalue weighted by atomic mass is 10.3. The molecular formula is C21H24N4O3S. The molecule has 2 aromatic carbocycles. The van der Waals surface area contributed by atoms with E-state index in [1.54, 1.807) is 0 Å². The van der Waals surface area contributed by atoms with E-state index in [-0.39, 0.29) is 17.8 Å². The molecule has 0 saturated carbocycles. The molecule has 1 heterocycles. The minimum atomic E-state index is -0.262. The SMILES string of the molecule is CCOc1ccc(NC(=O)CSc2nnc([C@H](C)Oc3ccccc3)n2C)cc1. The molecule has 0 spiro atoms. The average molecular weight is 413 g/mol. The van der Waals surface area contributed by atoms with Gasteiger partial charge in [-0.05, 0) is 50.2 Å². The Bertz CT molecular complexity index is 929. The number of para-hydroxylation sites is 1. The predicted octanol–water partition coefficient (Wildman–Crippen LogP) is 4.08. The second kappa shape index (κ2) is 9.97. The minimum Gasteiger partial charge on any atom is -0.494 e. The smallest absolute Gasteiger partial charge is 0.234 e. The van der Waals surface area contributed by atoms with E-state index in [2.05, 4.69) is 15.5 Å². The largest absolute Gasteiger partial charge is 0.494 e. The second-order valence-electron chi connectivity index (χ2n) is 6.27. The van der Waals surface area contributed by atoms with E-state index in [4.69, 9.17) is 9.47 Å². The summed E-state index contributed by atoms with van der Waals surface area (Å²) < 4.78 is 13.2. The van der Waals surface area contributed by atoms with Crippen LogP contribution >= 0.6 is 11.8 Å². The molecule has 0 fully saturated rings. The van der Waals surface area contributed by atoms with Crippen molar-refractivity contribution >= 4 is 23.4 Å². The summed E-state index contributed by atoms with van der Waals surface area (Å²) in [6, 6.07) is 16.9. The fourth-order valence-corrected chi connectivity index (χ4v) is 3.41. The quantitative estimate of drug-likeness (QED) is 0.534. The van der Waals surface area contributed by atoms with Gasteiger partial charge in [0.2, 0.25) is 5.91 Å². The van der Waals surface area contributed by atoms with E-state index in [0.29, 0.717) is 17.6 Å². The molecule has 8 heteroatoms. The van der Waals surface area contributed by atoms with Gasteiger partial charge >= 0.3 is 0 Å². The van der Waals surface area contributed by atoms with E-state index in [1.807, 2.05) is 80.1 Å². The van der Waals surface area contributed by atoms with Gasteiger partial charge in [0.25, 0.3) is 0 Å². The van der Waals surface area contributed by atoms with Crippen molar-refractivity contribution in [2.45, 2.75) is 25.1 Å². The third-order valence-electron chi connectivity index (χ3n) is 4.07. The number of nitrogens with one attached hydrogen (secondary N) is 1. The van der Waals surface area contributed by atoms with Crippen LogP contribution in [0.3, 0.4) is 0 Å². The molecule has 0 saturated heterocycles. The van der Waals surface area contributed by atoms with Crippen LogP contribution < -0.4 is 14.8 Å². The third-order valence-corrected chi connectivity index (χ3v) is 5.09. The molecule has 1 aromatic heterocycles. The van der Waals surface area contributed by atoms with Crippen LogP contribution in [-0.2, 0) is 11.8 Å². The van der Waals surface area contributed by atoms with Gasteiger partial charge in [-0.3, -0.25) is 4.79 Å². The lowest BCUT2D eigenvalue weighted by molar-refractivity contribution is -0.113. The molecule has 3 rings (SSSR count). The van der Waals surface area contributed by atoms with Gasteiger partial charge in [-0.15, -0.1) is 10.2 Å². The highest BCUT2D eigenvalue weighted by atomic mass is 32.2. The first-order valence-corrected chi connectivity index (χ1v) is 10.3. The highest BCUT2D eigenvalue weighted by Gasteiger charge is 2.18. The Balaban J connectivity index is 1.53. The number of nitrogens with zero attached hydrogens (tertiary/aromatic N) is 3. The van der Waals surface area contributed by atoms with E-state index in [9.17, 15) is 4.79 Å². The van der Waals surface area contributed by atoms with Gasteiger partial charge in [0, 0.05) is 12.7 Å². The molecule has 0 bridgehead atoms. The van der Waals surface area contributed by atoms with Gasteiger partial charge < -0.3 is 19.4 Å². The highest BCUT2D eigenvalue weighted by molar-refractivity contribution is 7.99. The Hall–Kier alpha value is -3.00. The van der Waals surface area contributed by atoms with Gasteiger partial charge in [0.05, 0.1) is 12.4 Å². The summed E-state index contributed by atoms with van der Waals surface area (Å²) in [6.07, 6.45) is -0.262. The van der Waals surface area contributed by atoms with Crippen molar-refractivity contribution in [2.24, 2.45) is 7.05 Å². The first-order valence-electron chi connectivity index (χ1n) is 9.33. The Labute approximate surface area is 174 Å². The van der Waals surface area contributed by atoms with Crippen LogP contribution in [0.25, 0.3) is 0 Å². The lowest BCUT2D eigenvalue weighted by Gasteiger charge is -2.14. The molecule has 29 heavy (non-hydrogen) atoms. The summed E-state index contributed by atoms with van der Waals surface area (Å²) in [7, 11) is 1.87. The second-order valence-corrected chi connectivity index (χ2v) is 7.21. The maximum atomic E-state index is 12.2. The van der Waals surface area contributed by atoms with Gasteiger partial charge in [-0.2, -0.15) is 0 Å². The van der Waals surface area contributed by atoms with Crippen LogP contribution in [0, 0.1) is 0 Å². The number of rotatable bonds is 9. The predicted molar refractivity (Wildman–Crippen MR) is 113 cm³/mol. The zero-order valence-corrected chi connectivity index (χ0v) is 17.5. The van der Waals surface area contributed by atoms with Crippen molar-refractivity contribution in [3.05, 3.63) is 60.4 Å². The summed E-state index contributed by atoms with van der Waals surface area (Å²) in [4.78, 5) is 12.2. The number of thioether (sulfide) groups is 1. The molecular weight excluding hydrogens is 388 g/mol. The molecule has 0 radical (unpaired) electrons. The maximum absolute atomic E-state index is 12.2. The van der Waals surface area contributed by atoms with E-state index >= 15 is 0 Å². The monoisotopic (exact) mass is 412 g/mol. The minimum absolute atomic E-state index is 0.114. The molecule has 1 N–H and O–H groups in total. The molecule has 3 aromatic rings. The molecule has 1 amide bonds. The van der Waals surface area contributed by atoms with Gasteiger partial charge in [-0.25, -0.2) is 0 Å². The zero-order valence-electron chi connectivity index (χ0n) is 16.7. The number of aromatic nitrogens is 3. The van der Waals surface area contributed by atoms with Crippen molar-refractivity contribution in [1.82, 2.24) is 14.8 Å². The summed E-state index contributed by atoms with van der Waals surface area (Å²) >= 11 is 1.33. The first kappa shape index (κ1) is 20.7. The van der Waals surface area contributed by atoms with Crippen LogP contribution in [0.4, 0.5) is 5.69 Å². The fourth-order valence-electron chi connectivity index (χ4n) is 2.69. The van der Waals surface area contributed by atoms with Crippen LogP contribution in [0.5, 0.6) is 11.5 Å². The number of anilines is 1. The Kier molecular flexibility index (Phi) is 7.13. The van der Waals surface area contributed by atoms with E-state index < -0.39 is 0 Å². The highest BCUT2D eigenvalue weighted by Crippen LogP contribution is 2.23. The summed E-state index contributed by atoms with van der Waals surface area (Å²) in [5.74, 6) is 2.36. The summed E-state index contributed by atoms with van der Waals surface area (Å²) in [6.45, 7) is 4.46. The molecule has 0 aliphatic carbocycles. The number of ether oxygens (including phenoxy) is 2. The van der Waals surface area contributed by atoms with Crippen molar-refractivity contribution < 1.29 is 14.3 Å². The number of carbonyl (C=O) groups excluding carboxylic acids is 1. The van der Waals surface area contributed by atoms with Crippen LogP contribution in [0.15, 0.2) is 59.8 Å². The van der Waals surface area contributed by atoms with E-state index in [1.165, 1.54) is 11.8 Å². The Morgan fingerprint density at radius 1 is 1.10 bits per heavy atom. The number of hydrogen-bond acceptors (Lipinski definition) is 6. The normalized spacial score (nSPS) is 11.7. The van der Waals surface area contributed by atoms with Crippen molar-refractivity contribution in [2.75, 3.05) is 17.7 Å². The van der Waals surface area contributed by atoms with Crippen LogP contribution in [0.2, 0.25) is 0 Å². The van der Waals surface area contributed by atoms with Gasteiger partial charge in [0.15, 0.2) is 17.1 Å². The zero-order chi connectivity index (χ0) is 20.6. The Morgan fingerprint density at radius 3 is 2.52 bits per heavy atom. The molecule has 1 atom stereocenters. The van der Waals surface area contributed by atoms with Crippen LogP contribution in [0.1, 0.15) is 25.8 Å². The Morgan fingerprint density at radius 2 is 1.83 bits per heavy atom. The lowest BCUT2D eigenvalue weighted by Crippen LogP contribution is -2.14. The third kappa shape index (κ3) is 5.74. The molecule has 0 aliphatic heterocycles. The topological polar surface area (TPSA) is 78.3 Å². The van der Waals surface area contributed by atoms with Crippen molar-refractivity contribution in [1.29, 1.82) is 0 Å². The van der Waals surface area contributed by atoms with Crippen molar-refractivity contribution in [3.63, 3.8) is 0 Å². The van der Waals surface area contributed by atoms with E-state index in [0.717, 1.165) is 17.2 Å². The van der Waals surface area contributed by atoms with Crippen molar-refractivity contribution in [3.8, 4) is 11.5 Å².